The van der Waals surface area contributed by atoms with Gasteiger partial charge in [-0.25, -0.2) is 0 Å². The molecule has 4 heteroatoms. The van der Waals surface area contributed by atoms with Gasteiger partial charge in [-0.15, -0.1) is 0 Å². The van der Waals surface area contributed by atoms with Gasteiger partial charge in [-0.2, -0.15) is 0 Å². The molecule has 3 atom stereocenters. The summed E-state index contributed by atoms with van der Waals surface area (Å²) in [4.78, 5) is 28.7. The van der Waals surface area contributed by atoms with Crippen LogP contribution in [0.5, 0.6) is 0 Å². The summed E-state index contributed by atoms with van der Waals surface area (Å²) in [5, 5.41) is 0. The average molecular weight is 543 g/mol. The van der Waals surface area contributed by atoms with E-state index in [1.807, 2.05) is 78.9 Å². The van der Waals surface area contributed by atoms with Crippen molar-refractivity contribution in [2.24, 2.45) is 0 Å². The lowest BCUT2D eigenvalue weighted by Gasteiger charge is -2.37. The van der Waals surface area contributed by atoms with E-state index >= 15 is 0 Å². The molecule has 4 aromatic rings. The standard InChI is InChI=1S/C29H22INO2/c30-26(21-14-6-2-7-15-21)25(20-12-4-1-5-13-20)27(22-16-8-3-9-17-22)31-28(32)23-18-10-11-19-24(23)29(31)33/h1-19,25-27H/t25-,26+,27-/m0/s1. The van der Waals surface area contributed by atoms with Gasteiger partial charge in [0.05, 0.1) is 17.2 Å². The maximum atomic E-state index is 13.6. The molecule has 0 N–H and O–H groups in total. The van der Waals surface area contributed by atoms with E-state index in [4.69, 9.17) is 0 Å². The van der Waals surface area contributed by atoms with E-state index in [1.165, 1.54) is 4.90 Å². The topological polar surface area (TPSA) is 37.4 Å². The van der Waals surface area contributed by atoms with Crippen molar-refractivity contribution >= 4 is 34.4 Å². The quantitative estimate of drug-likeness (QED) is 0.150. The van der Waals surface area contributed by atoms with Crippen molar-refractivity contribution in [2.45, 2.75) is 15.9 Å². The molecule has 1 heterocycles. The molecule has 4 aromatic carbocycles. The second-order valence-electron chi connectivity index (χ2n) is 8.13. The highest BCUT2D eigenvalue weighted by Gasteiger charge is 2.45. The molecule has 0 spiro atoms. The van der Waals surface area contributed by atoms with E-state index in [0.717, 1.165) is 16.7 Å². The zero-order valence-electron chi connectivity index (χ0n) is 17.8. The highest BCUT2D eigenvalue weighted by atomic mass is 127. The van der Waals surface area contributed by atoms with Crippen molar-refractivity contribution in [1.82, 2.24) is 4.90 Å². The Morgan fingerprint density at radius 3 is 1.39 bits per heavy atom. The highest BCUT2D eigenvalue weighted by Crippen LogP contribution is 2.50. The minimum absolute atomic E-state index is 0.0284. The van der Waals surface area contributed by atoms with Crippen LogP contribution in [0.4, 0.5) is 0 Å². The first-order valence-electron chi connectivity index (χ1n) is 10.9. The highest BCUT2D eigenvalue weighted by molar-refractivity contribution is 14.1. The van der Waals surface area contributed by atoms with Gasteiger partial charge in [0.2, 0.25) is 0 Å². The summed E-state index contributed by atoms with van der Waals surface area (Å²) in [5.41, 5.74) is 4.13. The van der Waals surface area contributed by atoms with Crippen LogP contribution in [-0.4, -0.2) is 16.7 Å². The molecule has 5 rings (SSSR count). The van der Waals surface area contributed by atoms with Crippen molar-refractivity contribution in [1.29, 1.82) is 0 Å². The summed E-state index contributed by atoms with van der Waals surface area (Å²) in [5.74, 6) is -0.608. The number of halogens is 1. The maximum Gasteiger partial charge on any atom is 0.262 e. The maximum absolute atomic E-state index is 13.6. The van der Waals surface area contributed by atoms with Gasteiger partial charge in [0, 0.05) is 9.84 Å². The van der Waals surface area contributed by atoms with Gasteiger partial charge < -0.3 is 0 Å². The third-order valence-electron chi connectivity index (χ3n) is 6.20. The van der Waals surface area contributed by atoms with Gasteiger partial charge in [0.15, 0.2) is 0 Å². The molecule has 0 saturated carbocycles. The van der Waals surface area contributed by atoms with E-state index in [1.54, 1.807) is 12.1 Å². The van der Waals surface area contributed by atoms with Gasteiger partial charge in [-0.1, -0.05) is 126 Å². The molecule has 3 nitrogen and oxygen atoms in total. The number of alkyl halides is 1. The Labute approximate surface area is 207 Å². The molecule has 0 aliphatic carbocycles. The molecule has 0 bridgehead atoms. The fourth-order valence-corrected chi connectivity index (χ4v) is 5.88. The molecule has 0 aromatic heterocycles. The molecular weight excluding hydrogens is 521 g/mol. The van der Waals surface area contributed by atoms with Crippen LogP contribution >= 0.6 is 22.6 Å². The Morgan fingerprint density at radius 1 is 0.515 bits per heavy atom. The molecule has 0 unspecified atom stereocenters. The predicted octanol–water partition coefficient (Wildman–Crippen LogP) is 6.98. The van der Waals surface area contributed by atoms with Gasteiger partial charge in [-0.05, 0) is 28.8 Å². The Balaban J connectivity index is 1.71. The predicted molar refractivity (Wildman–Crippen MR) is 139 cm³/mol. The van der Waals surface area contributed by atoms with Crippen molar-refractivity contribution in [2.75, 3.05) is 0 Å². The molecular formula is C29H22INO2. The summed E-state index contributed by atoms with van der Waals surface area (Å²) in [6, 6.07) is 37.0. The monoisotopic (exact) mass is 543 g/mol. The minimum Gasteiger partial charge on any atom is -0.269 e. The zero-order valence-corrected chi connectivity index (χ0v) is 20.0. The molecule has 162 valence electrons. The fourth-order valence-electron chi connectivity index (χ4n) is 4.66. The first-order valence-corrected chi connectivity index (χ1v) is 12.2. The molecule has 0 radical (unpaired) electrons. The summed E-state index contributed by atoms with van der Waals surface area (Å²) < 4.78 is 0.0284. The number of hydrogen-bond acceptors (Lipinski definition) is 2. The molecule has 2 amide bonds. The zero-order chi connectivity index (χ0) is 22.8. The number of fused-ring (bicyclic) bond motifs is 1. The van der Waals surface area contributed by atoms with E-state index in [-0.39, 0.29) is 21.7 Å². The van der Waals surface area contributed by atoms with Crippen LogP contribution in [0.25, 0.3) is 0 Å². The van der Waals surface area contributed by atoms with E-state index < -0.39 is 6.04 Å². The summed E-state index contributed by atoms with van der Waals surface area (Å²) >= 11 is 2.47. The number of rotatable bonds is 6. The summed E-state index contributed by atoms with van der Waals surface area (Å²) in [7, 11) is 0. The van der Waals surface area contributed by atoms with Crippen LogP contribution in [0.2, 0.25) is 0 Å². The smallest absolute Gasteiger partial charge is 0.262 e. The number of amides is 2. The Kier molecular flexibility index (Phi) is 6.09. The van der Waals surface area contributed by atoms with E-state index in [0.29, 0.717) is 11.1 Å². The third-order valence-corrected chi connectivity index (χ3v) is 7.70. The Bertz CT molecular complexity index is 1240. The second-order valence-corrected chi connectivity index (χ2v) is 9.47. The van der Waals surface area contributed by atoms with Crippen LogP contribution in [0.1, 0.15) is 53.3 Å². The third kappa shape index (κ3) is 4.00. The molecule has 33 heavy (non-hydrogen) atoms. The van der Waals surface area contributed by atoms with Gasteiger partial charge >= 0.3 is 0 Å². The largest absolute Gasteiger partial charge is 0.269 e. The molecule has 0 fully saturated rings. The number of imide groups is 1. The minimum atomic E-state index is -0.455. The lowest BCUT2D eigenvalue weighted by molar-refractivity contribution is 0.0556. The van der Waals surface area contributed by atoms with Gasteiger partial charge in [-0.3, -0.25) is 14.5 Å². The van der Waals surface area contributed by atoms with Crippen molar-refractivity contribution < 1.29 is 9.59 Å². The molecule has 1 aliphatic rings. The Hall–Kier alpha value is -3.25. The van der Waals surface area contributed by atoms with Crippen LogP contribution in [0.15, 0.2) is 115 Å². The first kappa shape index (κ1) is 21.6. The van der Waals surface area contributed by atoms with E-state index in [2.05, 4.69) is 46.9 Å². The van der Waals surface area contributed by atoms with Crippen LogP contribution in [0, 0.1) is 0 Å². The van der Waals surface area contributed by atoms with Gasteiger partial charge in [0.25, 0.3) is 11.8 Å². The van der Waals surface area contributed by atoms with Crippen LogP contribution < -0.4 is 0 Å². The van der Waals surface area contributed by atoms with Crippen molar-refractivity contribution in [3.8, 4) is 0 Å². The fraction of sp³-hybridized carbons (Fsp3) is 0.103. The van der Waals surface area contributed by atoms with Crippen LogP contribution in [-0.2, 0) is 0 Å². The molecule has 0 saturated heterocycles. The first-order chi connectivity index (χ1) is 16.2. The van der Waals surface area contributed by atoms with Crippen molar-refractivity contribution in [3.63, 3.8) is 0 Å². The Morgan fingerprint density at radius 2 is 0.909 bits per heavy atom. The average Bonchev–Trinajstić information content (AvgIpc) is 3.13. The summed E-state index contributed by atoms with van der Waals surface area (Å²) in [6.45, 7) is 0. The lowest BCUT2D eigenvalue weighted by Crippen LogP contribution is -2.38. The summed E-state index contributed by atoms with van der Waals surface area (Å²) in [6.07, 6.45) is 0. The number of benzene rings is 4. The molecule has 1 aliphatic heterocycles. The number of hydrogen-bond donors (Lipinski definition) is 0. The van der Waals surface area contributed by atoms with Crippen molar-refractivity contribution in [3.05, 3.63) is 143 Å². The van der Waals surface area contributed by atoms with Gasteiger partial charge in [0.1, 0.15) is 0 Å². The SMILES string of the molecule is O=C1c2ccccc2C(=O)N1[C@@H](c1ccccc1)[C@@H](c1ccccc1)[C@H](I)c1ccccc1. The second kappa shape index (κ2) is 9.32. The lowest BCUT2D eigenvalue weighted by atomic mass is 9.81. The normalized spacial score (nSPS) is 15.7. The van der Waals surface area contributed by atoms with E-state index in [9.17, 15) is 9.59 Å². The van der Waals surface area contributed by atoms with Crippen LogP contribution in [0.3, 0.4) is 0 Å². The number of carbonyl (C=O) groups is 2. The number of nitrogens with zero attached hydrogens (tertiary/aromatic N) is 1. The number of carbonyl (C=O) groups excluding carboxylic acids is 2.